The highest BCUT2D eigenvalue weighted by molar-refractivity contribution is 6.30. The second-order valence-electron chi connectivity index (χ2n) is 3.81. The molecule has 0 radical (unpaired) electrons. The van der Waals surface area contributed by atoms with Crippen molar-refractivity contribution in [3.05, 3.63) is 34.4 Å². The van der Waals surface area contributed by atoms with Crippen molar-refractivity contribution >= 4 is 17.5 Å². The molecule has 1 N–H and O–H groups in total. The molecule has 0 aliphatic carbocycles. The average molecular weight is 318 g/mol. The second-order valence-corrected chi connectivity index (χ2v) is 4.22. The Morgan fingerprint density at radius 2 is 1.85 bits per heavy atom. The Morgan fingerprint density at radius 3 is 2.35 bits per heavy atom. The van der Waals surface area contributed by atoms with Crippen molar-refractivity contribution < 1.29 is 31.9 Å². The Labute approximate surface area is 115 Å². The Balaban J connectivity index is 3.09. The van der Waals surface area contributed by atoms with Crippen LogP contribution in [0.3, 0.4) is 0 Å². The summed E-state index contributed by atoms with van der Waals surface area (Å²) >= 11 is 5.28. The van der Waals surface area contributed by atoms with E-state index in [-0.39, 0.29) is 4.90 Å². The number of hydrogen-bond acceptors (Lipinski definition) is 2. The summed E-state index contributed by atoms with van der Waals surface area (Å²) in [4.78, 5) is 11.9. The van der Waals surface area contributed by atoms with Crippen molar-refractivity contribution in [2.24, 2.45) is 0 Å². The van der Waals surface area contributed by atoms with Crippen LogP contribution in [0.1, 0.15) is 10.4 Å². The van der Waals surface area contributed by atoms with Crippen LogP contribution in [-0.2, 0) is 0 Å². The van der Waals surface area contributed by atoms with E-state index in [4.69, 9.17) is 16.7 Å². The minimum absolute atomic E-state index is 0.172. The molecule has 1 aromatic carbocycles. The number of carbonyl (C=O) groups excluding carboxylic acids is 1. The van der Waals surface area contributed by atoms with Gasteiger partial charge in [-0.25, -0.2) is 8.78 Å². The molecule has 0 atom stereocenters. The normalized spacial score (nSPS) is 11.6. The van der Waals surface area contributed by atoms with Crippen LogP contribution >= 0.6 is 11.6 Å². The molecule has 1 amide bonds. The fourth-order valence-electron chi connectivity index (χ4n) is 1.45. The lowest BCUT2D eigenvalue weighted by molar-refractivity contribution is -0.141. The maximum Gasteiger partial charge on any atom is 0.406 e. The zero-order valence-electron chi connectivity index (χ0n) is 9.85. The van der Waals surface area contributed by atoms with E-state index < -0.39 is 54.0 Å². The van der Waals surface area contributed by atoms with Crippen LogP contribution in [0.15, 0.2) is 12.1 Å². The highest BCUT2D eigenvalue weighted by Gasteiger charge is 2.34. The molecule has 0 unspecified atom stereocenters. The molecule has 0 saturated carbocycles. The summed E-state index contributed by atoms with van der Waals surface area (Å²) in [5, 5.41) is 8.05. The monoisotopic (exact) mass is 317 g/mol. The fourth-order valence-corrected chi connectivity index (χ4v) is 1.60. The van der Waals surface area contributed by atoms with Crippen molar-refractivity contribution in [2.45, 2.75) is 6.18 Å². The standard InChI is InChI=1S/C11H9ClF5NO2/c12-7-4-8(13)6(3-9(7)14)10(20)18(1-2-19)5-11(15,16)17/h3-4,19H,1-2,5H2. The molecule has 0 spiro atoms. The number of halogens is 6. The molecule has 0 fully saturated rings. The molecule has 0 heterocycles. The lowest BCUT2D eigenvalue weighted by Crippen LogP contribution is -2.41. The maximum atomic E-state index is 13.5. The first-order valence-electron chi connectivity index (χ1n) is 5.27. The number of hydrogen-bond donors (Lipinski definition) is 1. The van der Waals surface area contributed by atoms with E-state index in [1.54, 1.807) is 0 Å². The zero-order valence-corrected chi connectivity index (χ0v) is 10.6. The van der Waals surface area contributed by atoms with Gasteiger partial charge >= 0.3 is 6.18 Å². The summed E-state index contributed by atoms with van der Waals surface area (Å²) in [7, 11) is 0. The summed E-state index contributed by atoms with van der Waals surface area (Å²) in [6, 6.07) is 0.912. The van der Waals surface area contributed by atoms with E-state index in [1.165, 1.54) is 0 Å². The van der Waals surface area contributed by atoms with E-state index >= 15 is 0 Å². The summed E-state index contributed by atoms with van der Waals surface area (Å²) in [6.45, 7) is -3.10. The van der Waals surface area contributed by atoms with E-state index in [0.717, 1.165) is 0 Å². The number of benzene rings is 1. The van der Waals surface area contributed by atoms with Crippen LogP contribution in [0.2, 0.25) is 5.02 Å². The van der Waals surface area contributed by atoms with Gasteiger partial charge in [-0.1, -0.05) is 11.6 Å². The lowest BCUT2D eigenvalue weighted by Gasteiger charge is -2.23. The Kier molecular flexibility index (Phi) is 5.29. The summed E-state index contributed by atoms with van der Waals surface area (Å²) in [6.07, 6.45) is -4.73. The van der Waals surface area contributed by atoms with Gasteiger partial charge in [-0.3, -0.25) is 4.79 Å². The molecule has 112 valence electrons. The number of carbonyl (C=O) groups is 1. The van der Waals surface area contributed by atoms with Gasteiger partial charge in [0.15, 0.2) is 0 Å². The van der Waals surface area contributed by atoms with Gasteiger partial charge in [0.2, 0.25) is 0 Å². The summed E-state index contributed by atoms with van der Waals surface area (Å²) in [5.41, 5.74) is -0.885. The molecule has 20 heavy (non-hydrogen) atoms. The van der Waals surface area contributed by atoms with Gasteiger partial charge < -0.3 is 10.0 Å². The predicted molar refractivity (Wildman–Crippen MR) is 60.4 cm³/mol. The lowest BCUT2D eigenvalue weighted by atomic mass is 10.1. The summed E-state index contributed by atoms with van der Waals surface area (Å²) < 4.78 is 63.5. The quantitative estimate of drug-likeness (QED) is 0.685. The van der Waals surface area contributed by atoms with E-state index in [0.29, 0.717) is 12.1 Å². The van der Waals surface area contributed by atoms with E-state index in [1.807, 2.05) is 0 Å². The SMILES string of the molecule is O=C(c1cc(F)c(Cl)cc1F)N(CCO)CC(F)(F)F. The van der Waals surface area contributed by atoms with Crippen molar-refractivity contribution in [2.75, 3.05) is 19.7 Å². The minimum Gasteiger partial charge on any atom is -0.395 e. The molecule has 0 aliphatic heterocycles. The van der Waals surface area contributed by atoms with Crippen molar-refractivity contribution in [3.8, 4) is 0 Å². The molecular formula is C11H9ClF5NO2. The van der Waals surface area contributed by atoms with Crippen LogP contribution in [0.5, 0.6) is 0 Å². The van der Waals surface area contributed by atoms with Gasteiger partial charge in [-0.05, 0) is 12.1 Å². The van der Waals surface area contributed by atoms with Crippen molar-refractivity contribution in [1.82, 2.24) is 4.90 Å². The maximum absolute atomic E-state index is 13.5. The number of aliphatic hydroxyl groups excluding tert-OH is 1. The van der Waals surface area contributed by atoms with Crippen LogP contribution in [0, 0.1) is 11.6 Å². The zero-order chi connectivity index (χ0) is 15.5. The molecule has 0 bridgehead atoms. The first-order chi connectivity index (χ1) is 9.15. The number of aliphatic hydroxyl groups is 1. The third-order valence-corrected chi connectivity index (χ3v) is 2.56. The van der Waals surface area contributed by atoms with Gasteiger partial charge in [0.1, 0.15) is 18.2 Å². The van der Waals surface area contributed by atoms with Gasteiger partial charge in [-0.2, -0.15) is 13.2 Å². The van der Waals surface area contributed by atoms with E-state index in [2.05, 4.69) is 0 Å². The third kappa shape index (κ3) is 4.31. The predicted octanol–water partition coefficient (Wildman–Crippen LogP) is 2.62. The number of alkyl halides is 3. The highest BCUT2D eigenvalue weighted by Crippen LogP contribution is 2.22. The molecule has 1 aromatic rings. The van der Waals surface area contributed by atoms with Crippen LogP contribution in [-0.4, -0.2) is 41.8 Å². The van der Waals surface area contributed by atoms with Crippen LogP contribution < -0.4 is 0 Å². The highest BCUT2D eigenvalue weighted by atomic mass is 35.5. The van der Waals surface area contributed by atoms with Crippen LogP contribution in [0.25, 0.3) is 0 Å². The van der Waals surface area contributed by atoms with Gasteiger partial charge in [0.05, 0.1) is 17.2 Å². The topological polar surface area (TPSA) is 40.5 Å². The van der Waals surface area contributed by atoms with Gasteiger partial charge in [0, 0.05) is 6.54 Å². The Bertz CT molecular complexity index is 506. The minimum atomic E-state index is -4.73. The molecule has 0 aromatic heterocycles. The smallest absolute Gasteiger partial charge is 0.395 e. The number of amides is 1. The number of rotatable bonds is 4. The molecular weight excluding hydrogens is 309 g/mol. The summed E-state index contributed by atoms with van der Waals surface area (Å²) in [5.74, 6) is -3.76. The molecule has 0 aliphatic rings. The molecule has 0 saturated heterocycles. The largest absolute Gasteiger partial charge is 0.406 e. The second kappa shape index (κ2) is 6.36. The third-order valence-electron chi connectivity index (χ3n) is 2.27. The van der Waals surface area contributed by atoms with Gasteiger partial charge in [-0.15, -0.1) is 0 Å². The van der Waals surface area contributed by atoms with E-state index in [9.17, 15) is 26.7 Å². The number of nitrogens with zero attached hydrogens (tertiary/aromatic N) is 1. The molecule has 3 nitrogen and oxygen atoms in total. The first-order valence-corrected chi connectivity index (χ1v) is 5.65. The van der Waals surface area contributed by atoms with Gasteiger partial charge in [0.25, 0.3) is 5.91 Å². The van der Waals surface area contributed by atoms with Crippen molar-refractivity contribution in [3.63, 3.8) is 0 Å². The molecule has 1 rings (SSSR count). The van der Waals surface area contributed by atoms with Crippen molar-refractivity contribution in [1.29, 1.82) is 0 Å². The first kappa shape index (κ1) is 16.6. The Morgan fingerprint density at radius 1 is 1.25 bits per heavy atom. The molecule has 9 heteroatoms. The Hall–Kier alpha value is -1.41. The fraction of sp³-hybridized carbons (Fsp3) is 0.364. The van der Waals surface area contributed by atoms with Crippen LogP contribution in [0.4, 0.5) is 22.0 Å². The average Bonchev–Trinajstić information content (AvgIpc) is 2.31.